The molecule has 4 nitrogen and oxygen atoms in total. The van der Waals surface area contributed by atoms with Crippen molar-refractivity contribution in [1.82, 2.24) is 15.2 Å². The lowest BCUT2D eigenvalue weighted by Crippen LogP contribution is -2.31. The summed E-state index contributed by atoms with van der Waals surface area (Å²) in [5, 5.41) is 13.0. The fourth-order valence-electron chi connectivity index (χ4n) is 2.51. The number of para-hydroxylation sites is 1. The maximum absolute atomic E-state index is 13.2. The van der Waals surface area contributed by atoms with E-state index in [1.165, 1.54) is 18.0 Å². The van der Waals surface area contributed by atoms with Gasteiger partial charge in [0, 0.05) is 24.0 Å². The molecule has 10 heteroatoms. The molecule has 1 heterocycles. The SMILES string of the molecule is CNCCN(C)C(O)c1cc(C(F)(F)F)nc2c(C(F)(F)F)cccc12. The highest BCUT2D eigenvalue weighted by Crippen LogP contribution is 2.39. The normalized spacial score (nSPS) is 14.2. The lowest BCUT2D eigenvalue weighted by molar-refractivity contribution is -0.142. The molecular formula is C16H17F6N3O. The predicted molar refractivity (Wildman–Crippen MR) is 83.3 cm³/mol. The number of alkyl halides is 6. The van der Waals surface area contributed by atoms with Crippen LogP contribution in [0.2, 0.25) is 0 Å². The Kier molecular flexibility index (Phi) is 5.79. The van der Waals surface area contributed by atoms with Crippen molar-refractivity contribution < 1.29 is 31.4 Å². The van der Waals surface area contributed by atoms with E-state index in [-0.39, 0.29) is 17.5 Å². The summed E-state index contributed by atoms with van der Waals surface area (Å²) in [6.07, 6.45) is -11.4. The van der Waals surface area contributed by atoms with Gasteiger partial charge in [-0.15, -0.1) is 0 Å². The fourth-order valence-corrected chi connectivity index (χ4v) is 2.51. The number of nitrogens with one attached hydrogen (secondary N) is 1. The van der Waals surface area contributed by atoms with Crippen LogP contribution >= 0.6 is 0 Å². The number of benzene rings is 1. The summed E-state index contributed by atoms with van der Waals surface area (Å²) in [5.74, 6) is 0. The average Bonchev–Trinajstić information content (AvgIpc) is 2.55. The highest BCUT2D eigenvalue weighted by molar-refractivity contribution is 5.86. The summed E-state index contributed by atoms with van der Waals surface area (Å²) < 4.78 is 79.0. The number of nitrogens with zero attached hydrogens (tertiary/aromatic N) is 2. The third kappa shape index (κ3) is 4.25. The first-order valence-electron chi connectivity index (χ1n) is 7.57. The zero-order valence-electron chi connectivity index (χ0n) is 13.9. The molecule has 0 radical (unpaired) electrons. The molecule has 0 bridgehead atoms. The minimum Gasteiger partial charge on any atom is -0.374 e. The first-order chi connectivity index (χ1) is 12.0. The van der Waals surface area contributed by atoms with Crippen LogP contribution in [0.5, 0.6) is 0 Å². The molecule has 0 aliphatic rings. The second kappa shape index (κ2) is 7.37. The van der Waals surface area contributed by atoms with E-state index in [4.69, 9.17) is 0 Å². The third-order valence-corrected chi connectivity index (χ3v) is 3.88. The van der Waals surface area contributed by atoms with Crippen molar-refractivity contribution >= 4 is 10.9 Å². The standard InChI is InChI=1S/C16H17F6N3O/c1-23-6-7-25(2)14(26)10-8-12(16(20,21)22)24-13-9(10)4-3-5-11(13)15(17,18)19/h3-5,8,14,23,26H,6-7H2,1-2H3. The van der Waals surface area contributed by atoms with Crippen molar-refractivity contribution in [2.45, 2.75) is 18.6 Å². The Labute approximate surface area is 145 Å². The van der Waals surface area contributed by atoms with E-state index in [0.717, 1.165) is 6.07 Å². The number of rotatable bonds is 5. The van der Waals surface area contributed by atoms with E-state index in [1.54, 1.807) is 7.05 Å². The summed E-state index contributed by atoms with van der Waals surface area (Å²) in [4.78, 5) is 4.52. The Morgan fingerprint density at radius 1 is 1.15 bits per heavy atom. The minimum atomic E-state index is -4.95. The van der Waals surface area contributed by atoms with Gasteiger partial charge in [0.1, 0.15) is 11.9 Å². The summed E-state index contributed by atoms with van der Waals surface area (Å²) in [7, 11) is 3.11. The number of pyridine rings is 1. The van der Waals surface area contributed by atoms with E-state index in [2.05, 4.69) is 10.3 Å². The highest BCUT2D eigenvalue weighted by Gasteiger charge is 2.38. The molecule has 0 aliphatic carbocycles. The number of hydrogen-bond donors (Lipinski definition) is 2. The summed E-state index contributed by atoms with van der Waals surface area (Å²) in [6, 6.07) is 3.53. The number of hydrogen-bond acceptors (Lipinski definition) is 4. The highest BCUT2D eigenvalue weighted by atomic mass is 19.4. The van der Waals surface area contributed by atoms with Crippen LogP contribution in [-0.4, -0.2) is 42.2 Å². The minimum absolute atomic E-state index is 0.184. The van der Waals surface area contributed by atoms with E-state index >= 15 is 0 Å². The Hall–Kier alpha value is -1.91. The maximum atomic E-state index is 13.2. The average molecular weight is 381 g/mol. The zero-order valence-corrected chi connectivity index (χ0v) is 13.9. The van der Waals surface area contributed by atoms with Crippen molar-refractivity contribution in [3.05, 3.63) is 41.1 Å². The second-order valence-electron chi connectivity index (χ2n) is 5.75. The lowest BCUT2D eigenvalue weighted by atomic mass is 10.0. The van der Waals surface area contributed by atoms with Crippen LogP contribution < -0.4 is 5.32 Å². The van der Waals surface area contributed by atoms with Crippen LogP contribution in [-0.2, 0) is 12.4 Å². The van der Waals surface area contributed by atoms with Gasteiger partial charge in [0.25, 0.3) is 0 Å². The molecule has 0 amide bonds. The monoisotopic (exact) mass is 381 g/mol. The quantitative estimate of drug-likeness (QED) is 0.616. The molecular weight excluding hydrogens is 364 g/mol. The maximum Gasteiger partial charge on any atom is 0.433 e. The molecule has 2 N–H and O–H groups in total. The van der Waals surface area contributed by atoms with E-state index in [0.29, 0.717) is 18.7 Å². The van der Waals surface area contributed by atoms with Gasteiger partial charge < -0.3 is 10.4 Å². The Morgan fingerprint density at radius 2 is 1.81 bits per heavy atom. The molecule has 0 saturated heterocycles. The molecule has 0 fully saturated rings. The molecule has 2 aromatic rings. The van der Waals surface area contributed by atoms with Crippen LogP contribution in [0.25, 0.3) is 10.9 Å². The number of aliphatic hydroxyl groups is 1. The summed E-state index contributed by atoms with van der Waals surface area (Å²) in [5.41, 5.74) is -3.90. The molecule has 0 saturated carbocycles. The molecule has 1 aromatic heterocycles. The smallest absolute Gasteiger partial charge is 0.374 e. The summed E-state index contributed by atoms with van der Waals surface area (Å²) >= 11 is 0. The molecule has 2 rings (SSSR count). The van der Waals surface area contributed by atoms with Crippen molar-refractivity contribution in [1.29, 1.82) is 0 Å². The molecule has 144 valence electrons. The third-order valence-electron chi connectivity index (χ3n) is 3.88. The van der Waals surface area contributed by atoms with Crippen molar-refractivity contribution in [3.8, 4) is 0 Å². The lowest BCUT2D eigenvalue weighted by Gasteiger charge is -2.25. The number of aromatic nitrogens is 1. The van der Waals surface area contributed by atoms with E-state index in [9.17, 15) is 31.4 Å². The van der Waals surface area contributed by atoms with Gasteiger partial charge in [-0.3, -0.25) is 4.90 Å². The molecule has 0 aliphatic heterocycles. The summed E-state index contributed by atoms with van der Waals surface area (Å²) in [6.45, 7) is 0.693. The Bertz CT molecular complexity index is 775. The van der Waals surface area contributed by atoms with Gasteiger partial charge in [-0.05, 0) is 26.2 Å². The number of fused-ring (bicyclic) bond motifs is 1. The van der Waals surface area contributed by atoms with Gasteiger partial charge >= 0.3 is 12.4 Å². The van der Waals surface area contributed by atoms with Gasteiger partial charge in [0.05, 0.1) is 11.1 Å². The fraction of sp³-hybridized carbons (Fsp3) is 0.438. The molecule has 26 heavy (non-hydrogen) atoms. The van der Waals surface area contributed by atoms with E-state index < -0.39 is 35.4 Å². The van der Waals surface area contributed by atoms with Crippen LogP contribution in [0, 0.1) is 0 Å². The number of halogens is 6. The van der Waals surface area contributed by atoms with Crippen molar-refractivity contribution in [2.75, 3.05) is 27.2 Å². The van der Waals surface area contributed by atoms with Gasteiger partial charge in [-0.2, -0.15) is 26.3 Å². The van der Waals surface area contributed by atoms with Gasteiger partial charge in [-0.25, -0.2) is 4.98 Å². The van der Waals surface area contributed by atoms with E-state index in [1.807, 2.05) is 0 Å². The van der Waals surface area contributed by atoms with Crippen LogP contribution in [0.3, 0.4) is 0 Å². The van der Waals surface area contributed by atoms with Gasteiger partial charge in [0.15, 0.2) is 0 Å². The van der Waals surface area contributed by atoms with Gasteiger partial charge in [-0.1, -0.05) is 12.1 Å². The Morgan fingerprint density at radius 3 is 2.35 bits per heavy atom. The van der Waals surface area contributed by atoms with Crippen LogP contribution in [0.15, 0.2) is 24.3 Å². The predicted octanol–water partition coefficient (Wildman–Crippen LogP) is 3.41. The molecule has 1 atom stereocenters. The zero-order chi connectivity index (χ0) is 19.7. The van der Waals surface area contributed by atoms with Crippen molar-refractivity contribution in [2.24, 2.45) is 0 Å². The molecule has 0 spiro atoms. The first kappa shape index (κ1) is 20.4. The molecule has 1 aromatic carbocycles. The number of likely N-dealkylation sites (N-methyl/N-ethyl adjacent to an activating group) is 2. The van der Waals surface area contributed by atoms with Gasteiger partial charge in [0.2, 0.25) is 0 Å². The second-order valence-corrected chi connectivity index (χ2v) is 5.75. The van der Waals surface area contributed by atoms with Crippen molar-refractivity contribution in [3.63, 3.8) is 0 Å². The molecule has 1 unspecified atom stereocenters. The topological polar surface area (TPSA) is 48.4 Å². The Balaban J connectivity index is 2.72. The largest absolute Gasteiger partial charge is 0.433 e. The van der Waals surface area contributed by atoms with Crippen LogP contribution in [0.4, 0.5) is 26.3 Å². The number of aliphatic hydroxyl groups excluding tert-OH is 1. The first-order valence-corrected chi connectivity index (χ1v) is 7.57. The van der Waals surface area contributed by atoms with Crippen LogP contribution in [0.1, 0.15) is 23.0 Å².